The van der Waals surface area contributed by atoms with Crippen LogP contribution in [-0.4, -0.2) is 89.1 Å². The van der Waals surface area contributed by atoms with Crippen LogP contribution in [0, 0.1) is 11.8 Å². The minimum absolute atomic E-state index is 0.108. The summed E-state index contributed by atoms with van der Waals surface area (Å²) in [5.74, 6) is 0.306. The molecular formula is C20H36ClNO5S. The molecule has 0 saturated carbocycles. The van der Waals surface area contributed by atoms with Crippen molar-refractivity contribution in [3.8, 4) is 0 Å². The number of aliphatic hydroxyl groups excluding tert-OH is 2. The topological polar surface area (TPSA) is 79.2 Å². The SMILES string of the molecule is CCC[C@@H]1C[C@@H](C(=O)C[C@@H]([C@H]2O[C@H](SC)[C@H](OC)[C@@H](O)[C@H]2O)[C@H](C)Cl)N(C)C1. The lowest BCUT2D eigenvalue weighted by molar-refractivity contribution is -0.218. The van der Waals surface area contributed by atoms with Gasteiger partial charge in [-0.3, -0.25) is 9.69 Å². The standard InChI is InChI=1S/C20H36ClNO5S/c1-6-7-12-8-14(22(3)10-12)15(23)9-13(11(2)21)18-16(24)17(25)19(26-4)20(27-18)28-5/h11-14,16-20,24-25H,6-10H2,1-5H3/t11-,12+,13+,14-,16+,17-,18+,19+,20+/m0/s1. The summed E-state index contributed by atoms with van der Waals surface area (Å²) in [4.78, 5) is 15.2. The van der Waals surface area contributed by atoms with Crippen molar-refractivity contribution < 1.29 is 24.5 Å². The van der Waals surface area contributed by atoms with Crippen LogP contribution >= 0.6 is 23.4 Å². The van der Waals surface area contributed by atoms with E-state index < -0.39 is 29.9 Å². The van der Waals surface area contributed by atoms with Crippen LogP contribution in [0.25, 0.3) is 0 Å². The first-order chi connectivity index (χ1) is 13.2. The van der Waals surface area contributed by atoms with E-state index in [2.05, 4.69) is 11.8 Å². The second kappa shape index (κ2) is 10.9. The molecule has 0 aromatic heterocycles. The second-order valence-electron chi connectivity index (χ2n) is 8.24. The van der Waals surface area contributed by atoms with Gasteiger partial charge in [-0.15, -0.1) is 23.4 Å². The summed E-state index contributed by atoms with van der Waals surface area (Å²) in [7, 11) is 3.49. The van der Waals surface area contributed by atoms with Gasteiger partial charge in [0.2, 0.25) is 0 Å². The minimum atomic E-state index is -1.15. The number of thioether (sulfide) groups is 1. The summed E-state index contributed by atoms with van der Waals surface area (Å²) < 4.78 is 11.4. The van der Waals surface area contributed by atoms with Crippen molar-refractivity contribution in [1.82, 2.24) is 4.90 Å². The summed E-state index contributed by atoms with van der Waals surface area (Å²) >= 11 is 7.85. The highest BCUT2D eigenvalue weighted by Crippen LogP contribution is 2.36. The lowest BCUT2D eigenvalue weighted by Gasteiger charge is -2.45. The molecule has 0 spiro atoms. The number of hydrogen-bond donors (Lipinski definition) is 2. The summed E-state index contributed by atoms with van der Waals surface area (Å²) in [5.41, 5.74) is -0.426. The lowest BCUT2D eigenvalue weighted by atomic mass is 9.83. The zero-order valence-electron chi connectivity index (χ0n) is 17.6. The van der Waals surface area contributed by atoms with Gasteiger partial charge in [-0.05, 0) is 39.0 Å². The normalized spacial score (nSPS) is 39.1. The molecule has 0 aliphatic carbocycles. The van der Waals surface area contributed by atoms with Crippen LogP contribution in [0.2, 0.25) is 0 Å². The quantitative estimate of drug-likeness (QED) is 0.535. The van der Waals surface area contributed by atoms with Crippen LogP contribution in [0.3, 0.4) is 0 Å². The number of likely N-dealkylation sites (tertiary alicyclic amines) is 1. The smallest absolute Gasteiger partial charge is 0.150 e. The maximum atomic E-state index is 13.1. The number of methoxy groups -OCH3 is 1. The number of carbonyl (C=O) groups excluding carboxylic acids is 1. The molecule has 8 heteroatoms. The van der Waals surface area contributed by atoms with Gasteiger partial charge in [-0.2, -0.15) is 0 Å². The van der Waals surface area contributed by atoms with Crippen LogP contribution < -0.4 is 0 Å². The molecular weight excluding hydrogens is 402 g/mol. The Kier molecular flexibility index (Phi) is 9.52. The van der Waals surface area contributed by atoms with Crippen LogP contribution in [0.4, 0.5) is 0 Å². The van der Waals surface area contributed by atoms with E-state index in [0.717, 1.165) is 25.8 Å². The molecule has 164 valence electrons. The van der Waals surface area contributed by atoms with Crippen molar-refractivity contribution in [2.45, 2.75) is 80.8 Å². The summed E-state index contributed by atoms with van der Waals surface area (Å²) in [6.07, 6.45) is 1.65. The third kappa shape index (κ3) is 5.42. The van der Waals surface area contributed by atoms with E-state index in [1.54, 1.807) is 0 Å². The third-order valence-electron chi connectivity index (χ3n) is 6.24. The van der Waals surface area contributed by atoms with E-state index in [4.69, 9.17) is 21.1 Å². The Morgan fingerprint density at radius 2 is 2.07 bits per heavy atom. The maximum absolute atomic E-state index is 13.1. The molecule has 2 rings (SSSR count). The van der Waals surface area contributed by atoms with Crippen molar-refractivity contribution in [1.29, 1.82) is 0 Å². The van der Waals surface area contributed by atoms with E-state index in [0.29, 0.717) is 5.92 Å². The van der Waals surface area contributed by atoms with Gasteiger partial charge in [-0.25, -0.2) is 0 Å². The zero-order valence-corrected chi connectivity index (χ0v) is 19.2. The van der Waals surface area contributed by atoms with Gasteiger partial charge in [0.05, 0.1) is 12.1 Å². The number of carbonyl (C=O) groups is 1. The first-order valence-corrected chi connectivity index (χ1v) is 11.9. The van der Waals surface area contributed by atoms with E-state index >= 15 is 0 Å². The molecule has 0 radical (unpaired) electrons. The number of nitrogens with zero attached hydrogens (tertiary/aromatic N) is 1. The van der Waals surface area contributed by atoms with E-state index in [9.17, 15) is 15.0 Å². The molecule has 0 amide bonds. The maximum Gasteiger partial charge on any atom is 0.150 e. The van der Waals surface area contributed by atoms with E-state index in [1.807, 2.05) is 20.2 Å². The molecule has 6 nitrogen and oxygen atoms in total. The fourth-order valence-electron chi connectivity index (χ4n) is 4.66. The fourth-order valence-corrected chi connectivity index (χ4v) is 5.68. The molecule has 2 fully saturated rings. The van der Waals surface area contributed by atoms with Crippen LogP contribution in [0.15, 0.2) is 0 Å². The van der Waals surface area contributed by atoms with Crippen molar-refractivity contribution in [2.75, 3.05) is 27.0 Å². The van der Waals surface area contributed by atoms with Gasteiger partial charge < -0.3 is 19.7 Å². The highest BCUT2D eigenvalue weighted by Gasteiger charge is 2.49. The molecule has 2 saturated heterocycles. The molecule has 2 aliphatic heterocycles. The number of hydrogen-bond acceptors (Lipinski definition) is 7. The minimum Gasteiger partial charge on any atom is -0.388 e. The Hall–Kier alpha value is 0.110. The average molecular weight is 438 g/mol. The highest BCUT2D eigenvalue weighted by atomic mass is 35.5. The van der Waals surface area contributed by atoms with Crippen LogP contribution in [0.1, 0.15) is 39.5 Å². The van der Waals surface area contributed by atoms with Gasteiger partial charge in [0.15, 0.2) is 0 Å². The molecule has 28 heavy (non-hydrogen) atoms. The number of Topliss-reactive ketones (excluding diaryl/α,β-unsaturated/α-hetero) is 1. The number of ether oxygens (including phenoxy) is 2. The predicted molar refractivity (Wildman–Crippen MR) is 113 cm³/mol. The summed E-state index contributed by atoms with van der Waals surface area (Å²) in [6, 6.07) is -0.108. The fraction of sp³-hybridized carbons (Fsp3) is 0.950. The predicted octanol–water partition coefficient (Wildman–Crippen LogP) is 2.13. The van der Waals surface area contributed by atoms with Gasteiger partial charge in [0.1, 0.15) is 29.5 Å². The molecule has 2 N–H and O–H groups in total. The molecule has 2 heterocycles. The largest absolute Gasteiger partial charge is 0.388 e. The number of ketones is 1. The number of alkyl halides is 1. The van der Waals surface area contributed by atoms with Crippen molar-refractivity contribution in [2.24, 2.45) is 11.8 Å². The molecule has 0 unspecified atom stereocenters. The monoisotopic (exact) mass is 437 g/mol. The summed E-state index contributed by atoms with van der Waals surface area (Å²) in [6.45, 7) is 4.93. The van der Waals surface area contributed by atoms with Crippen molar-refractivity contribution >= 4 is 29.1 Å². The van der Waals surface area contributed by atoms with Gasteiger partial charge in [0.25, 0.3) is 0 Å². The van der Waals surface area contributed by atoms with Crippen molar-refractivity contribution in [3.63, 3.8) is 0 Å². The van der Waals surface area contributed by atoms with Crippen LogP contribution in [-0.2, 0) is 14.3 Å². The molecule has 0 aromatic rings. The second-order valence-corrected chi connectivity index (χ2v) is 9.87. The first-order valence-electron chi connectivity index (χ1n) is 10.2. The Bertz CT molecular complexity index is 509. The van der Waals surface area contributed by atoms with Crippen LogP contribution in [0.5, 0.6) is 0 Å². The summed E-state index contributed by atoms with van der Waals surface area (Å²) in [5, 5.41) is 20.8. The Morgan fingerprint density at radius 3 is 2.61 bits per heavy atom. The molecule has 9 atom stereocenters. The number of aliphatic hydroxyl groups is 2. The van der Waals surface area contributed by atoms with E-state index in [-0.39, 0.29) is 29.5 Å². The molecule has 0 bridgehead atoms. The first kappa shape index (κ1) is 24.4. The number of halogens is 1. The van der Waals surface area contributed by atoms with E-state index in [1.165, 1.54) is 18.9 Å². The Balaban J connectivity index is 2.11. The number of rotatable bonds is 9. The average Bonchev–Trinajstić information content (AvgIpc) is 3.02. The van der Waals surface area contributed by atoms with Crippen molar-refractivity contribution in [3.05, 3.63) is 0 Å². The van der Waals surface area contributed by atoms with Gasteiger partial charge in [0, 0.05) is 31.4 Å². The Labute approximate surface area is 178 Å². The molecule has 0 aromatic carbocycles. The number of likely N-dealkylation sites (N-methyl/N-ethyl adjacent to an activating group) is 1. The third-order valence-corrected chi connectivity index (χ3v) is 7.41. The van der Waals surface area contributed by atoms with Gasteiger partial charge >= 0.3 is 0 Å². The highest BCUT2D eigenvalue weighted by molar-refractivity contribution is 7.99. The van der Waals surface area contributed by atoms with Gasteiger partial charge in [-0.1, -0.05) is 13.3 Å². The molecule has 2 aliphatic rings. The zero-order chi connectivity index (χ0) is 21.0. The Morgan fingerprint density at radius 1 is 1.39 bits per heavy atom. The lowest BCUT2D eigenvalue weighted by Crippen LogP contribution is -2.60.